The minimum Gasteiger partial charge on any atom is -0.424 e. The fourth-order valence-corrected chi connectivity index (χ4v) is 6.85. The molecule has 0 amide bonds. The second kappa shape index (κ2) is 7.08. The molecular formula is C20H26OSi. The van der Waals surface area contributed by atoms with E-state index in [9.17, 15) is 4.80 Å². The van der Waals surface area contributed by atoms with E-state index in [1.165, 1.54) is 0 Å². The van der Waals surface area contributed by atoms with E-state index in [0.717, 1.165) is 23.2 Å². The zero-order valence-corrected chi connectivity index (χ0v) is 14.8. The summed E-state index contributed by atoms with van der Waals surface area (Å²) in [6.07, 6.45) is 6.25. The Labute approximate surface area is 135 Å². The van der Waals surface area contributed by atoms with Crippen molar-refractivity contribution in [1.82, 2.24) is 0 Å². The fourth-order valence-electron chi connectivity index (χ4n) is 3.10. The van der Waals surface area contributed by atoms with Gasteiger partial charge in [-0.05, 0) is 35.2 Å². The first kappa shape index (κ1) is 16.7. The van der Waals surface area contributed by atoms with Gasteiger partial charge in [-0.15, -0.1) is 0 Å². The molecule has 0 aromatic heterocycles. The first-order chi connectivity index (χ1) is 10.5. The minimum absolute atomic E-state index is 0.144. The summed E-state index contributed by atoms with van der Waals surface area (Å²) in [4.78, 5) is 11.9. The van der Waals surface area contributed by atoms with Crippen molar-refractivity contribution in [3.63, 3.8) is 0 Å². The Bertz CT molecular complexity index is 563. The molecule has 1 N–H and O–H groups in total. The smallest absolute Gasteiger partial charge is 0.258 e. The van der Waals surface area contributed by atoms with E-state index >= 15 is 0 Å². The number of rotatable bonds is 6. The lowest BCUT2D eigenvalue weighted by Gasteiger charge is -2.41. The van der Waals surface area contributed by atoms with Crippen molar-refractivity contribution in [2.75, 3.05) is 0 Å². The molecule has 0 heterocycles. The highest BCUT2D eigenvalue weighted by Crippen LogP contribution is 2.39. The van der Waals surface area contributed by atoms with Crippen LogP contribution in [0.15, 0.2) is 72.8 Å². The molecule has 0 aliphatic heterocycles. The molecule has 0 atom stereocenters. The van der Waals surface area contributed by atoms with E-state index in [1.54, 1.807) is 0 Å². The summed E-state index contributed by atoms with van der Waals surface area (Å²) in [5.74, 6) is 0. The molecule has 0 saturated carbocycles. The molecule has 0 spiro atoms. The zero-order chi connectivity index (χ0) is 16.1. The van der Waals surface area contributed by atoms with E-state index in [-0.39, 0.29) is 5.04 Å². The van der Waals surface area contributed by atoms with Gasteiger partial charge in [0.05, 0.1) is 0 Å². The van der Waals surface area contributed by atoms with Crippen molar-refractivity contribution in [1.29, 1.82) is 0 Å². The standard InChI is InChI=1S/C20H26OSi/c1-4-5-12-17-20(2,3)22(21,18-13-8-6-9-14-18)19-15-10-7-11-16-19/h4-11,13-16,21H,12,17H2,1-3H3. The molecule has 2 rings (SSSR count). The molecule has 116 valence electrons. The lowest BCUT2D eigenvalue weighted by atomic mass is 10.1. The highest BCUT2D eigenvalue weighted by atomic mass is 28.4. The molecule has 22 heavy (non-hydrogen) atoms. The molecule has 0 radical (unpaired) electrons. The lowest BCUT2D eigenvalue weighted by Crippen LogP contribution is -2.65. The molecule has 0 fully saturated rings. The van der Waals surface area contributed by atoms with Crippen LogP contribution in [-0.4, -0.2) is 13.1 Å². The van der Waals surface area contributed by atoms with Crippen molar-refractivity contribution in [3.8, 4) is 0 Å². The van der Waals surface area contributed by atoms with Gasteiger partial charge in [0.2, 0.25) is 0 Å². The minimum atomic E-state index is -2.81. The largest absolute Gasteiger partial charge is 0.424 e. The SMILES string of the molecule is CC=CCCC(C)(C)[Si](O)(c1ccccc1)c1ccccc1. The van der Waals surface area contributed by atoms with Crippen molar-refractivity contribution in [2.45, 2.75) is 38.7 Å². The predicted molar refractivity (Wildman–Crippen MR) is 98.2 cm³/mol. The van der Waals surface area contributed by atoms with Crippen LogP contribution in [0.25, 0.3) is 0 Å². The third-order valence-electron chi connectivity index (χ3n) is 4.53. The van der Waals surface area contributed by atoms with Crippen LogP contribution in [0.2, 0.25) is 5.04 Å². The highest BCUT2D eigenvalue weighted by Gasteiger charge is 2.49. The summed E-state index contributed by atoms with van der Waals surface area (Å²) in [7, 11) is -2.81. The van der Waals surface area contributed by atoms with Gasteiger partial charge >= 0.3 is 0 Å². The Hall–Kier alpha value is -1.64. The van der Waals surface area contributed by atoms with Crippen LogP contribution in [0.4, 0.5) is 0 Å². The Morgan fingerprint density at radius 3 is 1.77 bits per heavy atom. The van der Waals surface area contributed by atoms with Crippen LogP contribution < -0.4 is 10.4 Å². The Morgan fingerprint density at radius 2 is 1.36 bits per heavy atom. The number of hydrogen-bond acceptors (Lipinski definition) is 1. The lowest BCUT2D eigenvalue weighted by molar-refractivity contribution is 0.469. The Morgan fingerprint density at radius 1 is 0.909 bits per heavy atom. The van der Waals surface area contributed by atoms with E-state index in [1.807, 2.05) is 43.3 Å². The van der Waals surface area contributed by atoms with Gasteiger partial charge in [0.25, 0.3) is 8.32 Å². The maximum absolute atomic E-state index is 11.9. The van der Waals surface area contributed by atoms with Gasteiger partial charge in [-0.1, -0.05) is 86.7 Å². The van der Waals surface area contributed by atoms with Crippen LogP contribution in [0, 0.1) is 0 Å². The summed E-state index contributed by atoms with van der Waals surface area (Å²) in [6, 6.07) is 20.4. The summed E-state index contributed by atoms with van der Waals surface area (Å²) in [5.41, 5.74) is 0. The van der Waals surface area contributed by atoms with Crippen molar-refractivity contribution >= 4 is 18.7 Å². The Kier molecular flexibility index (Phi) is 5.38. The van der Waals surface area contributed by atoms with Crippen LogP contribution in [-0.2, 0) is 0 Å². The molecular weight excluding hydrogens is 284 g/mol. The van der Waals surface area contributed by atoms with Gasteiger partial charge in [-0.2, -0.15) is 0 Å². The number of benzene rings is 2. The third-order valence-corrected chi connectivity index (χ3v) is 9.08. The fraction of sp³-hybridized carbons (Fsp3) is 0.300. The zero-order valence-electron chi connectivity index (χ0n) is 13.8. The van der Waals surface area contributed by atoms with Crippen LogP contribution >= 0.6 is 0 Å². The molecule has 2 aromatic rings. The predicted octanol–water partition coefficient (Wildman–Crippen LogP) is 3.88. The maximum Gasteiger partial charge on any atom is 0.258 e. The second-order valence-corrected chi connectivity index (χ2v) is 10.4. The number of hydrogen-bond donors (Lipinski definition) is 1. The van der Waals surface area contributed by atoms with Gasteiger partial charge in [0.1, 0.15) is 0 Å². The van der Waals surface area contributed by atoms with Gasteiger partial charge in [0.15, 0.2) is 0 Å². The van der Waals surface area contributed by atoms with Gasteiger partial charge < -0.3 is 4.80 Å². The van der Waals surface area contributed by atoms with E-state index in [2.05, 4.69) is 50.3 Å². The van der Waals surface area contributed by atoms with Gasteiger partial charge in [-0.3, -0.25) is 0 Å². The van der Waals surface area contributed by atoms with Crippen molar-refractivity contribution in [2.24, 2.45) is 0 Å². The molecule has 0 unspecified atom stereocenters. The Balaban J connectivity index is 2.51. The quantitative estimate of drug-likeness (QED) is 0.634. The van der Waals surface area contributed by atoms with Gasteiger partial charge in [-0.25, -0.2) is 0 Å². The van der Waals surface area contributed by atoms with E-state index in [0.29, 0.717) is 0 Å². The van der Waals surface area contributed by atoms with Crippen LogP contribution in [0.3, 0.4) is 0 Å². The van der Waals surface area contributed by atoms with E-state index < -0.39 is 8.32 Å². The molecule has 2 heteroatoms. The van der Waals surface area contributed by atoms with Crippen molar-refractivity contribution in [3.05, 3.63) is 72.8 Å². The first-order valence-corrected chi connectivity index (χ1v) is 9.91. The monoisotopic (exact) mass is 310 g/mol. The molecule has 0 saturated heterocycles. The van der Waals surface area contributed by atoms with E-state index in [4.69, 9.17) is 0 Å². The third kappa shape index (κ3) is 3.23. The normalized spacial score (nSPS) is 12.7. The molecule has 2 aromatic carbocycles. The molecule has 0 bridgehead atoms. The van der Waals surface area contributed by atoms with Gasteiger partial charge in [0, 0.05) is 0 Å². The van der Waals surface area contributed by atoms with Crippen LogP contribution in [0.5, 0.6) is 0 Å². The molecule has 0 aliphatic rings. The highest BCUT2D eigenvalue weighted by molar-refractivity contribution is 6.98. The maximum atomic E-state index is 11.9. The average molecular weight is 311 g/mol. The summed E-state index contributed by atoms with van der Waals surface area (Å²) >= 11 is 0. The first-order valence-electron chi connectivity index (χ1n) is 7.97. The van der Waals surface area contributed by atoms with Crippen LogP contribution in [0.1, 0.15) is 33.6 Å². The summed E-state index contributed by atoms with van der Waals surface area (Å²) in [5, 5.41) is 2.04. The second-order valence-electron chi connectivity index (χ2n) is 6.43. The topological polar surface area (TPSA) is 20.2 Å². The number of allylic oxidation sites excluding steroid dienone is 2. The molecule has 1 nitrogen and oxygen atoms in total. The average Bonchev–Trinajstić information content (AvgIpc) is 2.55. The molecule has 0 aliphatic carbocycles. The van der Waals surface area contributed by atoms with Crippen molar-refractivity contribution < 1.29 is 4.80 Å². The summed E-state index contributed by atoms with van der Waals surface area (Å²) in [6.45, 7) is 6.47. The summed E-state index contributed by atoms with van der Waals surface area (Å²) < 4.78 is 0.